The molecule has 0 radical (unpaired) electrons. The molecule has 0 unspecified atom stereocenters. The predicted molar refractivity (Wildman–Crippen MR) is 144 cm³/mol. The van der Waals surface area contributed by atoms with Gasteiger partial charge in [-0.3, -0.25) is 0 Å². The fourth-order valence-corrected chi connectivity index (χ4v) is 4.89. The molecule has 2 aromatic heterocycles. The van der Waals surface area contributed by atoms with E-state index in [0.717, 1.165) is 42.9 Å². The Morgan fingerprint density at radius 2 is 1.89 bits per heavy atom. The molecule has 0 saturated carbocycles. The average molecular weight is 512 g/mol. The van der Waals surface area contributed by atoms with Crippen LogP contribution >= 0.6 is 0 Å². The van der Waals surface area contributed by atoms with Crippen molar-refractivity contribution in [3.8, 4) is 23.0 Å². The molecule has 2 aliphatic heterocycles. The van der Waals surface area contributed by atoms with Crippen LogP contribution in [0.15, 0.2) is 30.5 Å². The number of likely N-dealkylation sites (N-methyl/N-ethyl adjacent to an activating group) is 1. The van der Waals surface area contributed by atoms with Crippen LogP contribution in [0.5, 0.6) is 11.8 Å². The number of nitrogens with zero attached hydrogens (tertiary/aromatic N) is 5. The minimum absolute atomic E-state index is 0.0786. The zero-order chi connectivity index (χ0) is 26.6. The summed E-state index contributed by atoms with van der Waals surface area (Å²) >= 11 is 0. The molecule has 0 aliphatic carbocycles. The average Bonchev–Trinajstić information content (AvgIpc) is 3.27. The fraction of sp³-hybridized carbons (Fsp3) is 0.607. The third kappa shape index (κ3) is 6.63. The molecule has 0 bridgehead atoms. The quantitative estimate of drug-likeness (QED) is 0.539. The molecular formula is C28H41N5O4. The van der Waals surface area contributed by atoms with E-state index in [1.54, 1.807) is 6.20 Å². The smallest absolute Gasteiger partial charge is 0.410 e. The topological polar surface area (TPSA) is 80.3 Å². The molecule has 2 aromatic rings. The molecule has 0 spiro atoms. The lowest BCUT2D eigenvalue weighted by Crippen LogP contribution is -2.55. The highest BCUT2D eigenvalue weighted by atomic mass is 16.6. The van der Waals surface area contributed by atoms with Crippen molar-refractivity contribution in [1.82, 2.24) is 19.8 Å². The molecule has 2 fully saturated rings. The van der Waals surface area contributed by atoms with E-state index in [-0.39, 0.29) is 18.2 Å². The fourth-order valence-electron chi connectivity index (χ4n) is 4.89. The molecular weight excluding hydrogens is 470 g/mol. The maximum absolute atomic E-state index is 12.8. The van der Waals surface area contributed by atoms with Crippen molar-refractivity contribution in [3.05, 3.63) is 30.5 Å². The summed E-state index contributed by atoms with van der Waals surface area (Å²) in [6.07, 6.45) is 3.39. The Kier molecular flexibility index (Phi) is 8.42. The van der Waals surface area contributed by atoms with Crippen LogP contribution in [-0.2, 0) is 4.74 Å². The van der Waals surface area contributed by atoms with Crippen LogP contribution in [-0.4, -0.2) is 90.0 Å². The lowest BCUT2D eigenvalue weighted by atomic mass is 10.1. The summed E-state index contributed by atoms with van der Waals surface area (Å²) < 4.78 is 18.0. The number of hydrogen-bond donors (Lipinski definition) is 0. The number of carbonyl (C=O) groups excluding carboxylic acids is 1. The first-order valence-corrected chi connectivity index (χ1v) is 13.4. The van der Waals surface area contributed by atoms with E-state index in [0.29, 0.717) is 38.0 Å². The maximum Gasteiger partial charge on any atom is 0.410 e. The third-order valence-corrected chi connectivity index (χ3v) is 6.71. The second kappa shape index (κ2) is 11.5. The van der Waals surface area contributed by atoms with Gasteiger partial charge in [0.25, 0.3) is 0 Å². The summed E-state index contributed by atoms with van der Waals surface area (Å²) in [6, 6.07) is 8.09. The van der Waals surface area contributed by atoms with Gasteiger partial charge in [0.15, 0.2) is 0 Å². The van der Waals surface area contributed by atoms with E-state index in [2.05, 4.69) is 34.8 Å². The van der Waals surface area contributed by atoms with Crippen LogP contribution in [0, 0.1) is 0 Å². The lowest BCUT2D eigenvalue weighted by Gasteiger charge is -2.43. The number of likely N-dealkylation sites (tertiary alicyclic amines) is 1. The van der Waals surface area contributed by atoms with Gasteiger partial charge in [-0.25, -0.2) is 14.8 Å². The van der Waals surface area contributed by atoms with E-state index in [4.69, 9.17) is 19.2 Å². The Morgan fingerprint density at radius 3 is 2.57 bits per heavy atom. The molecule has 2 atom stereocenters. The number of carbonyl (C=O) groups is 1. The normalized spacial score (nSPS) is 20.7. The van der Waals surface area contributed by atoms with E-state index < -0.39 is 5.60 Å². The van der Waals surface area contributed by atoms with Gasteiger partial charge in [-0.2, -0.15) is 0 Å². The van der Waals surface area contributed by atoms with Crippen molar-refractivity contribution in [2.24, 2.45) is 0 Å². The molecule has 1 amide bonds. The van der Waals surface area contributed by atoms with Crippen LogP contribution in [0.25, 0.3) is 11.3 Å². The van der Waals surface area contributed by atoms with Gasteiger partial charge in [0.2, 0.25) is 11.8 Å². The van der Waals surface area contributed by atoms with Crippen LogP contribution in [0.4, 0.5) is 10.5 Å². The number of pyridine rings is 2. The van der Waals surface area contributed by atoms with Crippen molar-refractivity contribution in [1.29, 1.82) is 0 Å². The van der Waals surface area contributed by atoms with Crippen LogP contribution in [0.2, 0.25) is 0 Å². The molecule has 2 aliphatic rings. The molecule has 202 valence electrons. The molecule has 0 N–H and O–H groups in total. The first-order valence-electron chi connectivity index (χ1n) is 13.4. The van der Waals surface area contributed by atoms with Crippen molar-refractivity contribution in [3.63, 3.8) is 0 Å². The second-order valence-electron chi connectivity index (χ2n) is 10.8. The minimum Gasteiger partial charge on any atom is -0.477 e. The monoisotopic (exact) mass is 511 g/mol. The number of hydrogen-bond acceptors (Lipinski definition) is 8. The van der Waals surface area contributed by atoms with Crippen LogP contribution in [0.3, 0.4) is 0 Å². The predicted octanol–water partition coefficient (Wildman–Crippen LogP) is 4.46. The molecule has 9 heteroatoms. The summed E-state index contributed by atoms with van der Waals surface area (Å²) in [4.78, 5) is 28.6. The standard InChI is InChI=1S/C28H41N5O4/c1-7-20-18-32(27(34)37-28(3,4)5)16-17-33(20)24-12-11-23(22-10-9-14-29-25(22)35-8-2)30-26(24)36-21-13-15-31(6)19-21/h9-12,14,20-21H,7-8,13,15-19H2,1-6H3/t20-,21-/m1/s1. The molecule has 37 heavy (non-hydrogen) atoms. The summed E-state index contributed by atoms with van der Waals surface area (Å²) in [5.74, 6) is 1.18. The Balaban J connectivity index is 1.64. The van der Waals surface area contributed by atoms with Gasteiger partial charge in [0.05, 0.1) is 17.9 Å². The summed E-state index contributed by atoms with van der Waals surface area (Å²) in [5.41, 5.74) is 2.04. The van der Waals surface area contributed by atoms with E-state index in [1.165, 1.54) is 0 Å². The van der Waals surface area contributed by atoms with Gasteiger partial charge in [-0.1, -0.05) is 6.92 Å². The number of anilines is 1. The van der Waals surface area contributed by atoms with Crippen LogP contribution < -0.4 is 14.4 Å². The van der Waals surface area contributed by atoms with Gasteiger partial charge >= 0.3 is 6.09 Å². The minimum atomic E-state index is -0.516. The van der Waals surface area contributed by atoms with Gasteiger partial charge < -0.3 is 28.9 Å². The van der Waals surface area contributed by atoms with Crippen molar-refractivity contribution in [2.45, 2.75) is 65.2 Å². The Morgan fingerprint density at radius 1 is 1.08 bits per heavy atom. The number of ether oxygens (including phenoxy) is 3. The second-order valence-corrected chi connectivity index (χ2v) is 10.8. The van der Waals surface area contributed by atoms with Gasteiger partial charge in [0, 0.05) is 45.0 Å². The zero-order valence-electron chi connectivity index (χ0n) is 23.1. The van der Waals surface area contributed by atoms with Crippen LogP contribution in [0.1, 0.15) is 47.5 Å². The SMILES string of the molecule is CCOc1ncccc1-c1ccc(N2CCN(C(=O)OC(C)(C)C)C[C@H]2CC)c(O[C@@H]2CCN(C)C2)n1. The highest BCUT2D eigenvalue weighted by Gasteiger charge is 2.34. The molecule has 0 aromatic carbocycles. The first-order chi connectivity index (χ1) is 17.7. The largest absolute Gasteiger partial charge is 0.477 e. The van der Waals surface area contributed by atoms with Crippen molar-refractivity contribution >= 4 is 11.8 Å². The number of piperazine rings is 1. The summed E-state index contributed by atoms with van der Waals surface area (Å²) in [6.45, 7) is 14.0. The van der Waals surface area contributed by atoms with Crippen molar-refractivity contribution < 1.29 is 19.0 Å². The maximum atomic E-state index is 12.8. The third-order valence-electron chi connectivity index (χ3n) is 6.71. The van der Waals surface area contributed by atoms with Crippen molar-refractivity contribution in [2.75, 3.05) is 51.3 Å². The van der Waals surface area contributed by atoms with Gasteiger partial charge in [0.1, 0.15) is 17.4 Å². The lowest BCUT2D eigenvalue weighted by molar-refractivity contribution is 0.0213. The Labute approximate surface area is 220 Å². The van der Waals surface area contributed by atoms with E-state index in [9.17, 15) is 4.79 Å². The van der Waals surface area contributed by atoms with E-state index >= 15 is 0 Å². The first kappa shape index (κ1) is 27.0. The highest BCUT2D eigenvalue weighted by molar-refractivity contribution is 5.71. The van der Waals surface area contributed by atoms with Gasteiger partial charge in [-0.15, -0.1) is 0 Å². The summed E-state index contributed by atoms with van der Waals surface area (Å²) in [7, 11) is 2.11. The van der Waals surface area contributed by atoms with Gasteiger partial charge in [-0.05, 0) is 71.8 Å². The molecule has 9 nitrogen and oxygen atoms in total. The number of amides is 1. The Bertz CT molecular complexity index is 1070. The number of aromatic nitrogens is 2. The zero-order valence-corrected chi connectivity index (χ0v) is 23.1. The Hall–Kier alpha value is -3.07. The molecule has 2 saturated heterocycles. The highest BCUT2D eigenvalue weighted by Crippen LogP contribution is 2.36. The summed E-state index contributed by atoms with van der Waals surface area (Å²) in [5, 5.41) is 0. The molecule has 4 heterocycles. The van der Waals surface area contributed by atoms with E-state index in [1.807, 2.05) is 50.8 Å². The number of rotatable bonds is 7. The molecule has 4 rings (SSSR count).